The molecule has 0 saturated heterocycles. The average molecular weight is 394 g/mol. The van der Waals surface area contributed by atoms with Gasteiger partial charge in [0.05, 0.1) is 10.5 Å². The number of halogens is 3. The average Bonchev–Trinajstić information content (AvgIpc) is 2.93. The number of aryl methyl sites for hydroxylation is 2. The topological polar surface area (TPSA) is 51.1 Å². The Bertz CT molecular complexity index is 1050. The van der Waals surface area contributed by atoms with Gasteiger partial charge in [0.15, 0.2) is 0 Å². The summed E-state index contributed by atoms with van der Waals surface area (Å²) in [7, 11) is -4.01. The van der Waals surface area contributed by atoms with Crippen LogP contribution in [0.15, 0.2) is 65.6 Å². The zero-order valence-electron chi connectivity index (χ0n) is 14.6. The van der Waals surface area contributed by atoms with Crippen molar-refractivity contribution in [3.05, 3.63) is 77.6 Å². The Morgan fingerprint density at radius 2 is 1.48 bits per heavy atom. The zero-order chi connectivity index (χ0) is 19.8. The van der Waals surface area contributed by atoms with Gasteiger partial charge >= 0.3 is 6.18 Å². The number of benzene rings is 2. The number of hydrogen-bond acceptors (Lipinski definition) is 2. The van der Waals surface area contributed by atoms with Gasteiger partial charge in [0.2, 0.25) is 0 Å². The minimum absolute atomic E-state index is 0.0360. The number of sulfonamides is 1. The summed E-state index contributed by atoms with van der Waals surface area (Å²) < 4.78 is 67.5. The maximum Gasteiger partial charge on any atom is 0.416 e. The molecule has 1 N–H and O–H groups in total. The third kappa shape index (κ3) is 4.00. The number of rotatable bonds is 4. The van der Waals surface area contributed by atoms with E-state index in [-0.39, 0.29) is 10.6 Å². The Morgan fingerprint density at radius 3 is 2.04 bits per heavy atom. The van der Waals surface area contributed by atoms with Crippen molar-refractivity contribution in [1.29, 1.82) is 0 Å². The summed E-state index contributed by atoms with van der Waals surface area (Å²) in [6.45, 7) is 3.87. The van der Waals surface area contributed by atoms with E-state index in [1.807, 2.05) is 30.5 Å². The summed E-state index contributed by atoms with van der Waals surface area (Å²) in [5, 5.41) is 0. The van der Waals surface area contributed by atoms with Gasteiger partial charge in [-0.2, -0.15) is 13.2 Å². The molecule has 0 amide bonds. The van der Waals surface area contributed by atoms with Crippen molar-refractivity contribution >= 4 is 15.7 Å². The van der Waals surface area contributed by atoms with Crippen molar-refractivity contribution in [3.8, 4) is 5.69 Å². The minimum Gasteiger partial charge on any atom is -0.319 e. The first-order valence-electron chi connectivity index (χ1n) is 8.03. The molecule has 0 aliphatic heterocycles. The molecule has 142 valence electrons. The second-order valence-electron chi connectivity index (χ2n) is 6.13. The van der Waals surface area contributed by atoms with Gasteiger partial charge < -0.3 is 4.57 Å². The third-order valence-electron chi connectivity index (χ3n) is 4.12. The van der Waals surface area contributed by atoms with Crippen LogP contribution in [0, 0.1) is 13.8 Å². The predicted molar refractivity (Wildman–Crippen MR) is 97.5 cm³/mol. The van der Waals surface area contributed by atoms with Gasteiger partial charge in [0.25, 0.3) is 10.0 Å². The summed E-state index contributed by atoms with van der Waals surface area (Å²) in [6.07, 6.45) is -4.55. The molecule has 0 fully saturated rings. The summed E-state index contributed by atoms with van der Waals surface area (Å²) in [5.74, 6) is 0. The molecule has 0 aliphatic carbocycles. The molecule has 0 saturated carbocycles. The van der Waals surface area contributed by atoms with E-state index in [1.54, 1.807) is 12.1 Å². The number of hydrogen-bond donors (Lipinski definition) is 1. The minimum atomic E-state index is -4.55. The summed E-state index contributed by atoms with van der Waals surface area (Å²) >= 11 is 0. The molecule has 0 spiro atoms. The highest BCUT2D eigenvalue weighted by atomic mass is 32.2. The van der Waals surface area contributed by atoms with Crippen LogP contribution < -0.4 is 4.72 Å². The Morgan fingerprint density at radius 1 is 0.889 bits per heavy atom. The Balaban J connectivity index is 1.88. The monoisotopic (exact) mass is 394 g/mol. The fourth-order valence-electron chi connectivity index (χ4n) is 2.82. The molecule has 0 bridgehead atoms. The van der Waals surface area contributed by atoms with E-state index >= 15 is 0 Å². The zero-order valence-corrected chi connectivity index (χ0v) is 15.4. The normalized spacial score (nSPS) is 12.2. The lowest BCUT2D eigenvalue weighted by molar-refractivity contribution is -0.137. The number of nitrogens with zero attached hydrogens (tertiary/aromatic N) is 1. The predicted octanol–water partition coefficient (Wildman–Crippen LogP) is 4.91. The Labute approximate surface area is 155 Å². The molecule has 0 unspecified atom stereocenters. The van der Waals surface area contributed by atoms with Crippen LogP contribution in [-0.2, 0) is 16.2 Å². The maximum atomic E-state index is 12.8. The second-order valence-corrected chi connectivity index (χ2v) is 7.81. The molecule has 3 aromatic rings. The van der Waals surface area contributed by atoms with Crippen LogP contribution >= 0.6 is 0 Å². The Kier molecular flexibility index (Phi) is 4.77. The molecular weight excluding hydrogens is 377 g/mol. The van der Waals surface area contributed by atoms with Crippen LogP contribution in [0.25, 0.3) is 5.69 Å². The van der Waals surface area contributed by atoms with Crippen molar-refractivity contribution < 1.29 is 21.6 Å². The molecule has 0 aliphatic rings. The van der Waals surface area contributed by atoms with Gasteiger partial charge in [-0.1, -0.05) is 6.07 Å². The van der Waals surface area contributed by atoms with Gasteiger partial charge in [-0.15, -0.1) is 0 Å². The molecule has 2 aromatic carbocycles. The van der Waals surface area contributed by atoms with Gasteiger partial charge in [-0.25, -0.2) is 8.42 Å². The van der Waals surface area contributed by atoms with Gasteiger partial charge in [0.1, 0.15) is 0 Å². The number of nitrogens with one attached hydrogen (secondary N) is 1. The smallest absolute Gasteiger partial charge is 0.319 e. The van der Waals surface area contributed by atoms with Crippen molar-refractivity contribution in [1.82, 2.24) is 4.57 Å². The lowest BCUT2D eigenvalue weighted by Crippen LogP contribution is -2.14. The number of alkyl halides is 3. The van der Waals surface area contributed by atoms with Gasteiger partial charge in [-0.05, 0) is 68.4 Å². The first-order chi connectivity index (χ1) is 12.6. The lowest BCUT2D eigenvalue weighted by atomic mass is 10.2. The molecule has 0 radical (unpaired) electrons. The maximum absolute atomic E-state index is 12.8. The van der Waals surface area contributed by atoms with Crippen LogP contribution in [-0.4, -0.2) is 13.0 Å². The second kappa shape index (κ2) is 6.77. The van der Waals surface area contributed by atoms with Crippen LogP contribution in [0.2, 0.25) is 0 Å². The molecule has 1 aromatic heterocycles. The van der Waals surface area contributed by atoms with Crippen LogP contribution in [0.5, 0.6) is 0 Å². The quantitative estimate of drug-likeness (QED) is 0.683. The molecule has 27 heavy (non-hydrogen) atoms. The molecular formula is C19H17F3N2O2S. The van der Waals surface area contributed by atoms with E-state index in [0.29, 0.717) is 0 Å². The van der Waals surface area contributed by atoms with E-state index < -0.39 is 21.8 Å². The van der Waals surface area contributed by atoms with Gasteiger partial charge in [-0.3, -0.25) is 4.72 Å². The third-order valence-corrected chi connectivity index (χ3v) is 5.52. The number of aromatic nitrogens is 1. The number of anilines is 1. The standard InChI is InChI=1S/C19H17F3N2O2S/c1-13-6-7-14(2)24(13)17-8-10-18(11-9-17)27(25,26)23-16-5-3-4-15(12-16)19(20,21)22/h3-12,23H,1-2H3. The lowest BCUT2D eigenvalue weighted by Gasteiger charge is -2.13. The van der Waals surface area contributed by atoms with Crippen molar-refractivity contribution in [2.24, 2.45) is 0 Å². The molecule has 4 nitrogen and oxygen atoms in total. The summed E-state index contributed by atoms with van der Waals surface area (Å²) in [6, 6.07) is 14.1. The summed E-state index contributed by atoms with van der Waals surface area (Å²) in [4.78, 5) is -0.0360. The van der Waals surface area contributed by atoms with E-state index in [9.17, 15) is 21.6 Å². The molecule has 3 rings (SSSR count). The van der Waals surface area contributed by atoms with E-state index in [4.69, 9.17) is 0 Å². The molecule has 0 atom stereocenters. The van der Waals surface area contributed by atoms with Crippen LogP contribution in [0.3, 0.4) is 0 Å². The van der Waals surface area contributed by atoms with E-state index in [1.165, 1.54) is 18.2 Å². The van der Waals surface area contributed by atoms with Gasteiger partial charge in [0, 0.05) is 22.8 Å². The van der Waals surface area contributed by atoms with Crippen molar-refractivity contribution in [2.45, 2.75) is 24.9 Å². The SMILES string of the molecule is Cc1ccc(C)n1-c1ccc(S(=O)(=O)Nc2cccc(C(F)(F)F)c2)cc1. The highest BCUT2D eigenvalue weighted by molar-refractivity contribution is 7.92. The fourth-order valence-corrected chi connectivity index (χ4v) is 3.87. The first kappa shape index (κ1) is 19.0. The molecule has 8 heteroatoms. The Hall–Kier alpha value is -2.74. The van der Waals surface area contributed by atoms with Crippen LogP contribution in [0.1, 0.15) is 17.0 Å². The van der Waals surface area contributed by atoms with Crippen molar-refractivity contribution in [2.75, 3.05) is 4.72 Å². The van der Waals surface area contributed by atoms with E-state index in [0.717, 1.165) is 35.3 Å². The van der Waals surface area contributed by atoms with Crippen molar-refractivity contribution in [3.63, 3.8) is 0 Å². The highest BCUT2D eigenvalue weighted by Crippen LogP contribution is 2.31. The first-order valence-corrected chi connectivity index (χ1v) is 9.52. The largest absolute Gasteiger partial charge is 0.416 e. The van der Waals surface area contributed by atoms with E-state index in [2.05, 4.69) is 4.72 Å². The molecule has 1 heterocycles. The fraction of sp³-hybridized carbons (Fsp3) is 0.158. The summed E-state index contributed by atoms with van der Waals surface area (Å²) in [5.41, 5.74) is 1.74. The highest BCUT2D eigenvalue weighted by Gasteiger charge is 2.30. The van der Waals surface area contributed by atoms with Crippen LogP contribution in [0.4, 0.5) is 18.9 Å².